The van der Waals surface area contributed by atoms with Crippen LogP contribution in [0.5, 0.6) is 11.5 Å². The summed E-state index contributed by atoms with van der Waals surface area (Å²) in [6.07, 6.45) is 6.92. The average molecular weight is 565 g/mol. The Morgan fingerprint density at radius 1 is 0.707 bits per heavy atom. The molecule has 10 heteroatoms. The summed E-state index contributed by atoms with van der Waals surface area (Å²) >= 11 is 0. The van der Waals surface area contributed by atoms with E-state index in [-0.39, 0.29) is 26.4 Å². The Labute approximate surface area is 237 Å². The first-order chi connectivity index (χ1) is 19.6. The third-order valence-corrected chi connectivity index (χ3v) is 5.99. The van der Waals surface area contributed by atoms with E-state index in [1.807, 2.05) is 6.92 Å². The van der Waals surface area contributed by atoms with Crippen LogP contribution in [0.2, 0.25) is 0 Å². The number of hydrogen-bond donors (Lipinski definition) is 2. The highest BCUT2D eigenvalue weighted by Gasteiger charge is 2.35. The SMILES string of the molecule is C=CC(=O)OCCOc1ccc(C(C)(c2ccc(OCCOC(=O)C=C)cc2)C(C=CC(=O)O)C=CC(=O)O)cc1. The third-order valence-electron chi connectivity index (χ3n) is 5.99. The quantitative estimate of drug-likeness (QED) is 0.164. The first kappa shape index (κ1) is 32.1. The van der Waals surface area contributed by atoms with Crippen molar-refractivity contribution in [2.75, 3.05) is 26.4 Å². The zero-order chi connectivity index (χ0) is 30.3. The second-order valence-electron chi connectivity index (χ2n) is 8.61. The van der Waals surface area contributed by atoms with Crippen molar-refractivity contribution >= 4 is 23.9 Å². The van der Waals surface area contributed by atoms with Gasteiger partial charge in [0.15, 0.2) is 0 Å². The molecule has 0 heterocycles. The molecule has 2 aromatic rings. The van der Waals surface area contributed by atoms with Gasteiger partial charge in [-0.2, -0.15) is 0 Å². The highest BCUT2D eigenvalue weighted by molar-refractivity contribution is 5.82. The van der Waals surface area contributed by atoms with Crippen LogP contribution in [0.25, 0.3) is 0 Å². The minimum Gasteiger partial charge on any atom is -0.490 e. The Kier molecular flexibility index (Phi) is 12.6. The number of aliphatic carboxylic acids is 2. The molecule has 0 bridgehead atoms. The lowest BCUT2D eigenvalue weighted by molar-refractivity contribution is -0.139. The number of esters is 2. The average Bonchev–Trinajstić information content (AvgIpc) is 2.97. The number of hydrogen-bond acceptors (Lipinski definition) is 8. The number of carbonyl (C=O) groups is 4. The summed E-state index contributed by atoms with van der Waals surface area (Å²) < 4.78 is 21.1. The number of rotatable bonds is 17. The summed E-state index contributed by atoms with van der Waals surface area (Å²) in [5.74, 6) is -3.14. The number of carboxylic acids is 2. The van der Waals surface area contributed by atoms with E-state index < -0.39 is 35.2 Å². The zero-order valence-corrected chi connectivity index (χ0v) is 22.6. The van der Waals surface area contributed by atoms with Crippen LogP contribution < -0.4 is 9.47 Å². The maximum absolute atomic E-state index is 11.4. The van der Waals surface area contributed by atoms with Gasteiger partial charge in [0.05, 0.1) is 0 Å². The summed E-state index contributed by atoms with van der Waals surface area (Å²) in [6.45, 7) is 8.84. The molecule has 41 heavy (non-hydrogen) atoms. The molecule has 0 fully saturated rings. The summed E-state index contributed by atoms with van der Waals surface area (Å²) in [5, 5.41) is 18.6. The van der Waals surface area contributed by atoms with Crippen LogP contribution >= 0.6 is 0 Å². The van der Waals surface area contributed by atoms with Gasteiger partial charge < -0.3 is 29.2 Å². The van der Waals surface area contributed by atoms with Crippen LogP contribution in [0.1, 0.15) is 18.1 Å². The van der Waals surface area contributed by atoms with Crippen molar-refractivity contribution in [1.29, 1.82) is 0 Å². The molecule has 0 aliphatic heterocycles. The van der Waals surface area contributed by atoms with E-state index in [0.29, 0.717) is 11.5 Å². The van der Waals surface area contributed by atoms with Crippen LogP contribution in [0.15, 0.2) is 98.1 Å². The van der Waals surface area contributed by atoms with Crippen molar-refractivity contribution < 1.29 is 48.3 Å². The lowest BCUT2D eigenvalue weighted by Crippen LogP contribution is -2.32. The minimum atomic E-state index is -1.18. The number of allylic oxidation sites excluding steroid dienone is 2. The van der Waals surface area contributed by atoms with Gasteiger partial charge in [-0.15, -0.1) is 0 Å². The van der Waals surface area contributed by atoms with E-state index in [0.717, 1.165) is 35.4 Å². The lowest BCUT2D eigenvalue weighted by Gasteiger charge is -2.36. The number of benzene rings is 2. The van der Waals surface area contributed by atoms with Gasteiger partial charge in [-0.1, -0.05) is 56.5 Å². The van der Waals surface area contributed by atoms with Crippen LogP contribution in [0, 0.1) is 5.92 Å². The fraction of sp³-hybridized carbons (Fsp3) is 0.226. The molecule has 0 atom stereocenters. The van der Waals surface area contributed by atoms with Gasteiger partial charge in [0.1, 0.15) is 37.9 Å². The predicted molar refractivity (Wildman–Crippen MR) is 150 cm³/mol. The van der Waals surface area contributed by atoms with Crippen molar-refractivity contribution in [1.82, 2.24) is 0 Å². The summed E-state index contributed by atoms with van der Waals surface area (Å²) in [5.41, 5.74) is 0.541. The lowest BCUT2D eigenvalue weighted by atomic mass is 9.67. The third kappa shape index (κ3) is 10.2. The molecular formula is C31H32O10. The molecule has 2 aromatic carbocycles. The molecule has 0 amide bonds. The molecule has 2 N–H and O–H groups in total. The van der Waals surface area contributed by atoms with Gasteiger partial charge in [-0.25, -0.2) is 19.2 Å². The van der Waals surface area contributed by atoms with Crippen LogP contribution in [0.3, 0.4) is 0 Å². The standard InChI is InChI=1S/C31H32O10/c1-4-29(36)40-20-18-38-25-12-6-22(7-13-25)31(3,24(10-16-27(32)33)11-17-28(34)35)23-8-14-26(15-9-23)39-19-21-41-30(37)5-2/h4-17,24H,1-2,18-21H2,3H3,(H,32,33)(H,34,35). The molecule has 0 aromatic heterocycles. The highest BCUT2D eigenvalue weighted by Crippen LogP contribution is 2.42. The Bertz CT molecular complexity index is 1180. The normalized spacial score (nSPS) is 11.9. The summed E-state index contributed by atoms with van der Waals surface area (Å²) in [6, 6.07) is 14.0. The maximum atomic E-state index is 11.4. The van der Waals surface area contributed by atoms with Crippen molar-refractivity contribution in [3.05, 3.63) is 109 Å². The van der Waals surface area contributed by atoms with E-state index in [4.69, 9.17) is 18.9 Å². The molecule has 0 aliphatic rings. The first-order valence-electron chi connectivity index (χ1n) is 12.5. The molecule has 0 aliphatic carbocycles. The minimum absolute atomic E-state index is 0.0392. The smallest absolute Gasteiger partial charge is 0.330 e. The van der Waals surface area contributed by atoms with Gasteiger partial charge in [0.2, 0.25) is 0 Å². The van der Waals surface area contributed by atoms with Gasteiger partial charge in [0, 0.05) is 35.6 Å². The van der Waals surface area contributed by atoms with E-state index in [9.17, 15) is 29.4 Å². The molecule has 0 radical (unpaired) electrons. The molecule has 216 valence electrons. The number of ether oxygens (including phenoxy) is 4. The fourth-order valence-electron chi connectivity index (χ4n) is 3.89. The Morgan fingerprint density at radius 3 is 1.39 bits per heavy atom. The topological polar surface area (TPSA) is 146 Å². The van der Waals surface area contributed by atoms with Gasteiger partial charge >= 0.3 is 23.9 Å². The van der Waals surface area contributed by atoms with Crippen LogP contribution in [-0.4, -0.2) is 60.5 Å². The van der Waals surface area contributed by atoms with Crippen molar-refractivity contribution in [3.63, 3.8) is 0 Å². The first-order valence-corrected chi connectivity index (χ1v) is 12.5. The van der Waals surface area contributed by atoms with Crippen molar-refractivity contribution in [2.24, 2.45) is 5.92 Å². The Hall–Kier alpha value is -5.12. The molecule has 0 saturated heterocycles. The molecule has 10 nitrogen and oxygen atoms in total. The van der Waals surface area contributed by atoms with Crippen LogP contribution in [-0.2, 0) is 34.1 Å². The molecule has 0 unspecified atom stereocenters. The second-order valence-corrected chi connectivity index (χ2v) is 8.61. The van der Waals surface area contributed by atoms with Gasteiger partial charge in [0.25, 0.3) is 0 Å². The Morgan fingerprint density at radius 2 is 1.07 bits per heavy atom. The maximum Gasteiger partial charge on any atom is 0.330 e. The molecule has 0 saturated carbocycles. The Balaban J connectivity index is 2.39. The van der Waals surface area contributed by atoms with Crippen molar-refractivity contribution in [2.45, 2.75) is 12.3 Å². The van der Waals surface area contributed by atoms with Gasteiger partial charge in [-0.3, -0.25) is 0 Å². The van der Waals surface area contributed by atoms with E-state index in [1.165, 1.54) is 12.2 Å². The fourth-order valence-corrected chi connectivity index (χ4v) is 3.89. The molecule has 2 rings (SSSR count). The van der Waals surface area contributed by atoms with E-state index in [2.05, 4.69) is 13.2 Å². The molecule has 0 spiro atoms. The summed E-state index contributed by atoms with van der Waals surface area (Å²) in [7, 11) is 0. The van der Waals surface area contributed by atoms with Gasteiger partial charge in [-0.05, 0) is 35.4 Å². The van der Waals surface area contributed by atoms with Crippen LogP contribution in [0.4, 0.5) is 0 Å². The second kappa shape index (κ2) is 16.1. The molecular weight excluding hydrogens is 532 g/mol. The zero-order valence-electron chi connectivity index (χ0n) is 22.6. The number of carboxylic acid groups (broad SMARTS) is 2. The van der Waals surface area contributed by atoms with E-state index >= 15 is 0 Å². The number of carbonyl (C=O) groups excluding carboxylic acids is 2. The monoisotopic (exact) mass is 564 g/mol. The predicted octanol–water partition coefficient (Wildman–Crippen LogP) is 4.11. The van der Waals surface area contributed by atoms with Crippen molar-refractivity contribution in [3.8, 4) is 11.5 Å². The highest BCUT2D eigenvalue weighted by atomic mass is 16.6. The largest absolute Gasteiger partial charge is 0.490 e. The summed E-state index contributed by atoms with van der Waals surface area (Å²) in [4.78, 5) is 45.1. The van der Waals surface area contributed by atoms with E-state index in [1.54, 1.807) is 48.5 Å².